The third-order valence-electron chi connectivity index (χ3n) is 3.74. The first-order valence-corrected chi connectivity index (χ1v) is 6.91. The predicted molar refractivity (Wildman–Crippen MR) is 70.3 cm³/mol. The Morgan fingerprint density at radius 3 is 2.56 bits per heavy atom. The maximum absolute atomic E-state index is 12.3. The minimum absolute atomic E-state index is 0.000509. The van der Waals surface area contributed by atoms with Crippen LogP contribution in [0.5, 0.6) is 0 Å². The summed E-state index contributed by atoms with van der Waals surface area (Å²) in [5, 5.41) is 9.09. The van der Waals surface area contributed by atoms with Gasteiger partial charge in [0.2, 0.25) is 5.91 Å². The maximum Gasteiger partial charge on any atom is 0.309 e. The van der Waals surface area contributed by atoms with Gasteiger partial charge in [-0.25, -0.2) is 0 Å². The molecule has 1 aliphatic heterocycles. The number of nitrogens with zero attached hydrogens (tertiary/aromatic N) is 1. The van der Waals surface area contributed by atoms with Crippen LogP contribution in [0, 0.1) is 5.41 Å². The van der Waals surface area contributed by atoms with Crippen molar-refractivity contribution in [1.82, 2.24) is 4.90 Å². The van der Waals surface area contributed by atoms with Gasteiger partial charge in [-0.05, 0) is 39.5 Å². The third-order valence-corrected chi connectivity index (χ3v) is 3.74. The highest BCUT2D eigenvalue weighted by atomic mass is 16.4. The van der Waals surface area contributed by atoms with Crippen LogP contribution in [0.15, 0.2) is 0 Å². The van der Waals surface area contributed by atoms with Gasteiger partial charge >= 0.3 is 5.97 Å². The Morgan fingerprint density at radius 2 is 2.00 bits per heavy atom. The largest absolute Gasteiger partial charge is 0.481 e. The molecule has 1 saturated heterocycles. The zero-order valence-corrected chi connectivity index (χ0v) is 11.7. The van der Waals surface area contributed by atoms with E-state index < -0.39 is 11.4 Å². The second kappa shape index (κ2) is 6.21. The van der Waals surface area contributed by atoms with Crippen molar-refractivity contribution < 1.29 is 14.7 Å². The van der Waals surface area contributed by atoms with Gasteiger partial charge in [-0.3, -0.25) is 9.59 Å². The number of amides is 1. The van der Waals surface area contributed by atoms with E-state index in [2.05, 4.69) is 6.92 Å². The predicted octanol–water partition coefficient (Wildman–Crippen LogP) is 2.67. The maximum atomic E-state index is 12.3. The molecule has 1 heterocycles. The monoisotopic (exact) mass is 255 g/mol. The molecule has 1 unspecified atom stereocenters. The Hall–Kier alpha value is -1.06. The van der Waals surface area contributed by atoms with E-state index in [0.29, 0.717) is 6.04 Å². The molecule has 4 heteroatoms. The molecule has 0 bridgehead atoms. The topological polar surface area (TPSA) is 57.6 Å². The van der Waals surface area contributed by atoms with Gasteiger partial charge in [-0.15, -0.1) is 0 Å². The summed E-state index contributed by atoms with van der Waals surface area (Å²) in [4.78, 5) is 25.3. The van der Waals surface area contributed by atoms with E-state index in [9.17, 15) is 9.59 Å². The smallest absolute Gasteiger partial charge is 0.309 e. The molecule has 0 saturated carbocycles. The van der Waals surface area contributed by atoms with E-state index >= 15 is 0 Å². The van der Waals surface area contributed by atoms with Crippen LogP contribution in [-0.4, -0.2) is 34.5 Å². The Labute approximate surface area is 109 Å². The number of aliphatic carboxylic acids is 1. The van der Waals surface area contributed by atoms with E-state index in [0.717, 1.165) is 32.2 Å². The molecule has 1 aliphatic rings. The fourth-order valence-electron chi connectivity index (χ4n) is 2.52. The standard InChI is InChI=1S/C14H25NO3/c1-4-7-11-8-5-6-9-15(11)12(16)10-14(2,3)13(17)18/h11H,4-10H2,1-3H3,(H,17,18). The van der Waals surface area contributed by atoms with Crippen LogP contribution in [-0.2, 0) is 9.59 Å². The SMILES string of the molecule is CCCC1CCCCN1C(=O)CC(C)(C)C(=O)O. The molecular weight excluding hydrogens is 230 g/mol. The van der Waals surface area contributed by atoms with Gasteiger partial charge in [-0.2, -0.15) is 0 Å². The average molecular weight is 255 g/mol. The number of piperidine rings is 1. The minimum atomic E-state index is -0.967. The van der Waals surface area contributed by atoms with E-state index in [4.69, 9.17) is 5.11 Å². The molecule has 1 fully saturated rings. The Kier molecular flexibility index (Phi) is 5.17. The molecule has 1 rings (SSSR count). The lowest BCUT2D eigenvalue weighted by molar-refractivity contribution is -0.152. The molecule has 18 heavy (non-hydrogen) atoms. The molecule has 0 aromatic rings. The summed E-state index contributed by atoms with van der Waals surface area (Å²) in [6, 6.07) is 0.320. The summed E-state index contributed by atoms with van der Waals surface area (Å²) in [6.45, 7) is 6.15. The fraction of sp³-hybridized carbons (Fsp3) is 0.857. The quantitative estimate of drug-likeness (QED) is 0.821. The van der Waals surface area contributed by atoms with Crippen molar-refractivity contribution in [1.29, 1.82) is 0 Å². The van der Waals surface area contributed by atoms with E-state index in [1.165, 1.54) is 6.42 Å². The Balaban J connectivity index is 2.66. The highest BCUT2D eigenvalue weighted by Gasteiger charge is 2.34. The molecule has 1 atom stereocenters. The fourth-order valence-corrected chi connectivity index (χ4v) is 2.52. The van der Waals surface area contributed by atoms with Crippen molar-refractivity contribution in [3.05, 3.63) is 0 Å². The highest BCUT2D eigenvalue weighted by Crippen LogP contribution is 2.26. The van der Waals surface area contributed by atoms with Gasteiger partial charge in [0.05, 0.1) is 5.41 Å². The first-order chi connectivity index (χ1) is 8.38. The Morgan fingerprint density at radius 1 is 1.33 bits per heavy atom. The zero-order chi connectivity index (χ0) is 13.8. The van der Waals surface area contributed by atoms with Crippen molar-refractivity contribution in [2.24, 2.45) is 5.41 Å². The van der Waals surface area contributed by atoms with Crippen LogP contribution in [0.2, 0.25) is 0 Å². The molecule has 0 aliphatic carbocycles. The van der Waals surface area contributed by atoms with Gasteiger partial charge in [0.1, 0.15) is 0 Å². The van der Waals surface area contributed by atoms with Gasteiger partial charge in [0.25, 0.3) is 0 Å². The summed E-state index contributed by atoms with van der Waals surface area (Å²) >= 11 is 0. The summed E-state index contributed by atoms with van der Waals surface area (Å²) in [5.74, 6) is -0.902. The number of hydrogen-bond donors (Lipinski definition) is 1. The first kappa shape index (κ1) is 15.0. The van der Waals surface area contributed by atoms with Crippen molar-refractivity contribution in [3.63, 3.8) is 0 Å². The lowest BCUT2D eigenvalue weighted by Gasteiger charge is -2.37. The van der Waals surface area contributed by atoms with Crippen LogP contribution in [0.4, 0.5) is 0 Å². The average Bonchev–Trinajstić information content (AvgIpc) is 2.29. The molecular formula is C14H25NO3. The number of carbonyl (C=O) groups is 2. The lowest BCUT2D eigenvalue weighted by Crippen LogP contribution is -2.45. The molecule has 0 aromatic carbocycles. The van der Waals surface area contributed by atoms with Crippen LogP contribution in [0.25, 0.3) is 0 Å². The summed E-state index contributed by atoms with van der Waals surface area (Å²) in [7, 11) is 0. The second-order valence-corrected chi connectivity index (χ2v) is 5.89. The van der Waals surface area contributed by atoms with Gasteiger partial charge in [0.15, 0.2) is 0 Å². The van der Waals surface area contributed by atoms with Crippen molar-refractivity contribution in [3.8, 4) is 0 Å². The van der Waals surface area contributed by atoms with E-state index in [1.54, 1.807) is 13.8 Å². The van der Waals surface area contributed by atoms with E-state index in [-0.39, 0.29) is 12.3 Å². The molecule has 104 valence electrons. The number of carboxylic acid groups (broad SMARTS) is 1. The zero-order valence-electron chi connectivity index (χ0n) is 11.7. The number of carboxylic acids is 1. The van der Waals surface area contributed by atoms with Gasteiger partial charge in [-0.1, -0.05) is 13.3 Å². The summed E-state index contributed by atoms with van der Waals surface area (Å²) < 4.78 is 0. The Bertz CT molecular complexity index is 310. The van der Waals surface area contributed by atoms with E-state index in [1.807, 2.05) is 4.90 Å². The van der Waals surface area contributed by atoms with Crippen LogP contribution < -0.4 is 0 Å². The molecule has 4 nitrogen and oxygen atoms in total. The first-order valence-electron chi connectivity index (χ1n) is 6.91. The number of likely N-dealkylation sites (tertiary alicyclic amines) is 1. The van der Waals surface area contributed by atoms with Crippen LogP contribution in [0.3, 0.4) is 0 Å². The van der Waals surface area contributed by atoms with Gasteiger partial charge in [0, 0.05) is 19.0 Å². The molecule has 0 radical (unpaired) electrons. The number of hydrogen-bond acceptors (Lipinski definition) is 2. The number of carbonyl (C=O) groups excluding carboxylic acids is 1. The van der Waals surface area contributed by atoms with Crippen molar-refractivity contribution in [2.75, 3.05) is 6.54 Å². The van der Waals surface area contributed by atoms with Gasteiger partial charge < -0.3 is 10.0 Å². The summed E-state index contributed by atoms with van der Waals surface area (Å²) in [6.07, 6.45) is 5.47. The molecule has 1 amide bonds. The molecule has 0 spiro atoms. The molecule has 1 N–H and O–H groups in total. The third kappa shape index (κ3) is 3.72. The van der Waals surface area contributed by atoms with Crippen molar-refractivity contribution >= 4 is 11.9 Å². The molecule has 0 aromatic heterocycles. The minimum Gasteiger partial charge on any atom is -0.481 e. The van der Waals surface area contributed by atoms with Crippen molar-refractivity contribution in [2.45, 2.75) is 65.3 Å². The normalized spacial score (nSPS) is 20.8. The lowest BCUT2D eigenvalue weighted by atomic mass is 9.87. The van der Waals surface area contributed by atoms with Crippen LogP contribution >= 0.6 is 0 Å². The summed E-state index contributed by atoms with van der Waals surface area (Å²) in [5.41, 5.74) is -0.967. The second-order valence-electron chi connectivity index (χ2n) is 5.89. The number of rotatable bonds is 5. The highest BCUT2D eigenvalue weighted by molar-refractivity contribution is 5.84. The van der Waals surface area contributed by atoms with Crippen LogP contribution in [0.1, 0.15) is 59.3 Å².